The highest BCUT2D eigenvalue weighted by atomic mass is 35.5. The summed E-state index contributed by atoms with van der Waals surface area (Å²) in [7, 11) is -2.82. The molecular formula is C23H20ClFN2O5S. The third-order valence-corrected chi connectivity index (χ3v) is 6.69. The monoisotopic (exact) mass is 490 g/mol. The summed E-state index contributed by atoms with van der Waals surface area (Å²) < 4.78 is 45.4. The van der Waals surface area contributed by atoms with Crippen molar-refractivity contribution in [2.24, 2.45) is 0 Å². The molecule has 0 bridgehead atoms. The zero-order chi connectivity index (χ0) is 24.0. The summed E-state index contributed by atoms with van der Waals surface area (Å²) in [4.78, 5) is 24.2. The van der Waals surface area contributed by atoms with Crippen LogP contribution in [-0.4, -0.2) is 38.3 Å². The fourth-order valence-electron chi connectivity index (χ4n) is 2.94. The van der Waals surface area contributed by atoms with Gasteiger partial charge in [-0.05, 0) is 66.2 Å². The van der Waals surface area contributed by atoms with Crippen molar-refractivity contribution in [2.75, 3.05) is 19.0 Å². The number of rotatable bonds is 8. The summed E-state index contributed by atoms with van der Waals surface area (Å²) in [5.41, 5.74) is 1.18. The molecular weight excluding hydrogens is 471 g/mol. The quantitative estimate of drug-likeness (QED) is 0.480. The zero-order valence-electron chi connectivity index (χ0n) is 17.5. The third kappa shape index (κ3) is 6.38. The predicted molar refractivity (Wildman–Crippen MR) is 122 cm³/mol. The third-order valence-electron chi connectivity index (χ3n) is 4.63. The predicted octanol–water partition coefficient (Wildman–Crippen LogP) is 4.10. The number of hydrogen-bond donors (Lipinski definition) is 1. The molecule has 33 heavy (non-hydrogen) atoms. The lowest BCUT2D eigenvalue weighted by atomic mass is 10.2. The van der Waals surface area contributed by atoms with Gasteiger partial charge in [0.05, 0.1) is 24.1 Å². The summed E-state index contributed by atoms with van der Waals surface area (Å²) in [5, 5.41) is 2.97. The van der Waals surface area contributed by atoms with Gasteiger partial charge in [-0.25, -0.2) is 17.6 Å². The van der Waals surface area contributed by atoms with Crippen LogP contribution in [-0.2, 0) is 26.1 Å². The highest BCUT2D eigenvalue weighted by molar-refractivity contribution is 7.89. The van der Waals surface area contributed by atoms with Crippen LogP contribution in [0.3, 0.4) is 0 Å². The van der Waals surface area contributed by atoms with Crippen LogP contribution in [0.1, 0.15) is 15.9 Å². The molecule has 0 saturated carbocycles. The minimum Gasteiger partial charge on any atom is -0.465 e. The molecule has 0 heterocycles. The molecule has 3 rings (SSSR count). The molecule has 0 aliphatic carbocycles. The highest BCUT2D eigenvalue weighted by Crippen LogP contribution is 2.21. The van der Waals surface area contributed by atoms with Crippen molar-refractivity contribution < 1.29 is 27.1 Å². The normalized spacial score (nSPS) is 11.3. The van der Waals surface area contributed by atoms with E-state index in [1.54, 1.807) is 0 Å². The lowest BCUT2D eigenvalue weighted by molar-refractivity contribution is -0.116. The van der Waals surface area contributed by atoms with Crippen molar-refractivity contribution in [1.29, 1.82) is 0 Å². The number of hydrogen-bond acceptors (Lipinski definition) is 5. The number of nitrogens with zero attached hydrogens (tertiary/aromatic N) is 1. The number of carbonyl (C=O) groups excluding carboxylic acids is 2. The van der Waals surface area contributed by atoms with Crippen LogP contribution in [0.4, 0.5) is 10.1 Å². The maximum absolute atomic E-state index is 13.3. The molecule has 1 N–H and O–H groups in total. The van der Waals surface area contributed by atoms with Gasteiger partial charge in [0, 0.05) is 17.3 Å². The van der Waals surface area contributed by atoms with Gasteiger partial charge in [-0.1, -0.05) is 23.7 Å². The molecule has 1 amide bonds. The maximum atomic E-state index is 13.3. The minimum absolute atomic E-state index is 0.0377. The number of anilines is 1. The van der Waals surface area contributed by atoms with Gasteiger partial charge in [-0.2, -0.15) is 4.31 Å². The first-order valence-corrected chi connectivity index (χ1v) is 11.5. The number of nitrogens with one attached hydrogen (secondary N) is 1. The Balaban J connectivity index is 1.82. The Hall–Kier alpha value is -3.27. The number of methoxy groups -OCH3 is 1. The van der Waals surface area contributed by atoms with E-state index in [2.05, 4.69) is 10.1 Å². The van der Waals surface area contributed by atoms with Crippen molar-refractivity contribution in [3.63, 3.8) is 0 Å². The molecule has 10 heteroatoms. The van der Waals surface area contributed by atoms with E-state index in [4.69, 9.17) is 11.6 Å². The maximum Gasteiger partial charge on any atom is 0.337 e. The molecule has 0 spiro atoms. The van der Waals surface area contributed by atoms with E-state index in [9.17, 15) is 22.4 Å². The smallest absolute Gasteiger partial charge is 0.337 e. The van der Waals surface area contributed by atoms with Crippen LogP contribution in [0.15, 0.2) is 77.7 Å². The molecule has 0 unspecified atom stereocenters. The van der Waals surface area contributed by atoms with Gasteiger partial charge >= 0.3 is 5.97 Å². The second-order valence-electron chi connectivity index (χ2n) is 6.97. The molecule has 7 nitrogen and oxygen atoms in total. The fraction of sp³-hybridized carbons (Fsp3) is 0.130. The SMILES string of the molecule is COC(=O)c1ccc(NC(=O)CN(Cc2ccc(F)cc2)S(=O)(=O)c2ccc(Cl)cc2)cc1. The fourth-order valence-corrected chi connectivity index (χ4v) is 4.45. The summed E-state index contributed by atoms with van der Waals surface area (Å²) >= 11 is 5.86. The van der Waals surface area contributed by atoms with Crippen molar-refractivity contribution in [3.8, 4) is 0 Å². The molecule has 0 fully saturated rings. The van der Waals surface area contributed by atoms with E-state index in [1.165, 1.54) is 79.9 Å². The van der Waals surface area contributed by atoms with Gasteiger partial charge in [-0.15, -0.1) is 0 Å². The van der Waals surface area contributed by atoms with E-state index in [0.717, 1.165) is 4.31 Å². The number of benzene rings is 3. The molecule has 0 saturated heterocycles. The minimum atomic E-state index is -4.08. The van der Waals surface area contributed by atoms with E-state index in [0.29, 0.717) is 21.8 Å². The Morgan fingerprint density at radius 3 is 2.15 bits per heavy atom. The Morgan fingerprint density at radius 2 is 1.58 bits per heavy atom. The number of esters is 1. The van der Waals surface area contributed by atoms with Gasteiger partial charge < -0.3 is 10.1 Å². The number of amides is 1. The van der Waals surface area contributed by atoms with E-state index < -0.39 is 34.3 Å². The Labute approximate surface area is 195 Å². The lowest BCUT2D eigenvalue weighted by Crippen LogP contribution is -2.37. The number of sulfonamides is 1. The highest BCUT2D eigenvalue weighted by Gasteiger charge is 2.27. The van der Waals surface area contributed by atoms with Gasteiger partial charge in [-0.3, -0.25) is 4.79 Å². The summed E-state index contributed by atoms with van der Waals surface area (Å²) in [6, 6.07) is 16.8. The van der Waals surface area contributed by atoms with Crippen LogP contribution < -0.4 is 5.32 Å². The van der Waals surface area contributed by atoms with Gasteiger partial charge in [0.1, 0.15) is 5.82 Å². The van der Waals surface area contributed by atoms with Crippen LogP contribution in [0.5, 0.6) is 0 Å². The van der Waals surface area contributed by atoms with Gasteiger partial charge in [0.25, 0.3) is 0 Å². The molecule has 0 radical (unpaired) electrons. The van der Waals surface area contributed by atoms with Crippen LogP contribution in [0.2, 0.25) is 5.02 Å². The standard InChI is InChI=1S/C23H20ClFN2O5S/c1-32-23(29)17-4-10-20(11-5-17)26-22(28)15-27(14-16-2-8-19(25)9-3-16)33(30,31)21-12-6-18(24)7-13-21/h2-13H,14-15H2,1H3,(H,26,28). The van der Waals surface area contributed by atoms with Crippen molar-refractivity contribution in [1.82, 2.24) is 4.31 Å². The second-order valence-corrected chi connectivity index (χ2v) is 9.34. The zero-order valence-corrected chi connectivity index (χ0v) is 19.1. The Kier molecular flexibility index (Phi) is 7.80. The van der Waals surface area contributed by atoms with E-state index in [1.807, 2.05) is 0 Å². The topological polar surface area (TPSA) is 92.8 Å². The van der Waals surface area contributed by atoms with Crippen LogP contribution in [0.25, 0.3) is 0 Å². The average molecular weight is 491 g/mol. The molecule has 3 aromatic rings. The number of carbonyl (C=O) groups is 2. The largest absolute Gasteiger partial charge is 0.465 e. The second kappa shape index (κ2) is 10.6. The summed E-state index contributed by atoms with van der Waals surface area (Å²) in [5.74, 6) is -1.58. The van der Waals surface area contributed by atoms with Crippen LogP contribution >= 0.6 is 11.6 Å². The first kappa shape index (κ1) is 24.4. The number of halogens is 2. The van der Waals surface area contributed by atoms with Crippen molar-refractivity contribution in [2.45, 2.75) is 11.4 Å². The molecule has 172 valence electrons. The first-order chi connectivity index (χ1) is 15.7. The summed E-state index contributed by atoms with van der Waals surface area (Å²) in [6.45, 7) is -0.652. The Bertz CT molecular complexity index is 1230. The molecule has 0 aromatic heterocycles. The lowest BCUT2D eigenvalue weighted by Gasteiger charge is -2.22. The van der Waals surface area contributed by atoms with Gasteiger partial charge in [0.15, 0.2) is 0 Å². The molecule has 3 aromatic carbocycles. The average Bonchev–Trinajstić information content (AvgIpc) is 2.80. The molecule has 0 atom stereocenters. The van der Waals surface area contributed by atoms with E-state index >= 15 is 0 Å². The number of ether oxygens (including phenoxy) is 1. The van der Waals surface area contributed by atoms with Crippen molar-refractivity contribution in [3.05, 3.63) is 94.8 Å². The van der Waals surface area contributed by atoms with Gasteiger partial charge in [0.2, 0.25) is 15.9 Å². The summed E-state index contributed by atoms with van der Waals surface area (Å²) in [6.07, 6.45) is 0. The first-order valence-electron chi connectivity index (χ1n) is 9.67. The molecule has 0 aliphatic heterocycles. The van der Waals surface area contributed by atoms with Crippen molar-refractivity contribution >= 4 is 39.2 Å². The van der Waals surface area contributed by atoms with E-state index in [-0.39, 0.29) is 11.4 Å². The molecule has 0 aliphatic rings. The Morgan fingerprint density at radius 1 is 0.970 bits per heavy atom. The van der Waals surface area contributed by atoms with Crippen LogP contribution in [0, 0.1) is 5.82 Å².